The van der Waals surface area contributed by atoms with E-state index in [0.29, 0.717) is 17.4 Å². The molecule has 0 saturated carbocycles. The van der Waals surface area contributed by atoms with Crippen LogP contribution in [0.4, 0.5) is 0 Å². The van der Waals surface area contributed by atoms with Crippen LogP contribution in [0.1, 0.15) is 40.4 Å². The number of hydrogen-bond acceptors (Lipinski definition) is 5. The first-order valence-electron chi connectivity index (χ1n) is 5.52. The van der Waals surface area contributed by atoms with Crippen molar-refractivity contribution in [3.63, 3.8) is 0 Å². The largest absolute Gasteiger partial charge is 0.462 e. The van der Waals surface area contributed by atoms with Crippen LogP contribution in [0, 0.1) is 0 Å². The molecule has 0 aromatic carbocycles. The van der Waals surface area contributed by atoms with Gasteiger partial charge in [-0.15, -0.1) is 11.3 Å². The van der Waals surface area contributed by atoms with Crippen LogP contribution < -0.4 is 0 Å². The molecule has 1 aromatic rings. The number of thiazole rings is 1. The van der Waals surface area contributed by atoms with Crippen molar-refractivity contribution in [2.75, 3.05) is 19.8 Å². The van der Waals surface area contributed by atoms with Crippen LogP contribution >= 0.6 is 11.3 Å². The Kier molecular flexibility index (Phi) is 3.90. The second-order valence-corrected chi connectivity index (χ2v) is 4.73. The van der Waals surface area contributed by atoms with Crippen LogP contribution in [-0.4, -0.2) is 30.8 Å². The summed E-state index contributed by atoms with van der Waals surface area (Å²) < 4.78 is 10.2. The number of aromatic nitrogens is 1. The molecule has 0 atom stereocenters. The van der Waals surface area contributed by atoms with Crippen molar-refractivity contribution in [1.82, 2.24) is 4.98 Å². The molecule has 2 rings (SSSR count). The number of carbonyl (C=O) groups excluding carboxylic acids is 1. The molecule has 1 aliphatic rings. The predicted molar refractivity (Wildman–Crippen MR) is 60.9 cm³/mol. The minimum atomic E-state index is -0.265. The third kappa shape index (κ3) is 2.59. The van der Waals surface area contributed by atoms with Gasteiger partial charge in [-0.1, -0.05) is 0 Å². The van der Waals surface area contributed by atoms with Crippen LogP contribution in [0.25, 0.3) is 0 Å². The van der Waals surface area contributed by atoms with E-state index in [1.807, 2.05) is 0 Å². The molecule has 1 fully saturated rings. The minimum absolute atomic E-state index is 0.265. The summed E-state index contributed by atoms with van der Waals surface area (Å²) in [4.78, 5) is 16.4. The Morgan fingerprint density at radius 3 is 3.06 bits per heavy atom. The van der Waals surface area contributed by atoms with Gasteiger partial charge in [0.15, 0.2) is 0 Å². The number of ether oxygens (including phenoxy) is 2. The maximum absolute atomic E-state index is 11.5. The van der Waals surface area contributed by atoms with Gasteiger partial charge in [0.25, 0.3) is 0 Å². The number of rotatable bonds is 3. The second kappa shape index (κ2) is 5.41. The molecule has 0 unspecified atom stereocenters. The lowest BCUT2D eigenvalue weighted by molar-refractivity contribution is 0.0532. The number of hydrogen-bond donors (Lipinski definition) is 0. The SMILES string of the molecule is CCOC(=O)c1cnc(C2CCOCC2)s1. The summed E-state index contributed by atoms with van der Waals surface area (Å²) in [6.07, 6.45) is 3.61. The van der Waals surface area contributed by atoms with Gasteiger partial charge < -0.3 is 9.47 Å². The molecule has 1 saturated heterocycles. The van der Waals surface area contributed by atoms with Crippen LogP contribution in [0.2, 0.25) is 0 Å². The van der Waals surface area contributed by atoms with Crippen LogP contribution in [0.15, 0.2) is 6.20 Å². The quantitative estimate of drug-likeness (QED) is 0.761. The zero-order chi connectivity index (χ0) is 11.4. The Morgan fingerprint density at radius 2 is 2.38 bits per heavy atom. The van der Waals surface area contributed by atoms with E-state index in [0.717, 1.165) is 31.1 Å². The number of carbonyl (C=O) groups is 1. The first kappa shape index (κ1) is 11.5. The summed E-state index contributed by atoms with van der Waals surface area (Å²) >= 11 is 1.45. The van der Waals surface area contributed by atoms with E-state index >= 15 is 0 Å². The predicted octanol–water partition coefficient (Wildman–Crippen LogP) is 2.21. The summed E-state index contributed by atoms with van der Waals surface area (Å²) in [6, 6.07) is 0. The third-order valence-corrected chi connectivity index (χ3v) is 3.71. The van der Waals surface area contributed by atoms with E-state index in [2.05, 4.69) is 4.98 Å². The highest BCUT2D eigenvalue weighted by atomic mass is 32.1. The first-order valence-corrected chi connectivity index (χ1v) is 6.33. The normalized spacial score (nSPS) is 17.3. The van der Waals surface area contributed by atoms with Crippen LogP contribution in [-0.2, 0) is 9.47 Å². The van der Waals surface area contributed by atoms with Crippen molar-refractivity contribution in [3.05, 3.63) is 16.1 Å². The van der Waals surface area contributed by atoms with Crippen LogP contribution in [0.5, 0.6) is 0 Å². The molecule has 16 heavy (non-hydrogen) atoms. The first-order chi connectivity index (χ1) is 7.81. The Balaban J connectivity index is 2.03. The summed E-state index contributed by atoms with van der Waals surface area (Å²) in [7, 11) is 0. The zero-order valence-corrected chi connectivity index (χ0v) is 10.1. The van der Waals surface area contributed by atoms with E-state index < -0.39 is 0 Å². The fourth-order valence-electron chi connectivity index (χ4n) is 1.72. The molecule has 1 aromatic heterocycles. The second-order valence-electron chi connectivity index (χ2n) is 3.67. The number of nitrogens with zero attached hydrogens (tertiary/aromatic N) is 1. The van der Waals surface area contributed by atoms with Gasteiger partial charge in [0.05, 0.1) is 17.8 Å². The summed E-state index contributed by atoms with van der Waals surface area (Å²) in [6.45, 7) is 3.79. The third-order valence-electron chi connectivity index (χ3n) is 2.57. The Labute approximate surface area is 98.6 Å². The smallest absolute Gasteiger partial charge is 0.349 e. The molecule has 0 aliphatic carbocycles. The molecular weight excluding hydrogens is 226 g/mol. The fourth-order valence-corrected chi connectivity index (χ4v) is 2.70. The lowest BCUT2D eigenvalue weighted by atomic mass is 10.0. The van der Waals surface area contributed by atoms with Gasteiger partial charge in [0, 0.05) is 19.1 Å². The summed E-state index contributed by atoms with van der Waals surface area (Å²) in [5, 5.41) is 1.03. The highest BCUT2D eigenvalue weighted by Crippen LogP contribution is 2.30. The topological polar surface area (TPSA) is 48.4 Å². The maximum atomic E-state index is 11.5. The average molecular weight is 241 g/mol. The Morgan fingerprint density at radius 1 is 1.62 bits per heavy atom. The van der Waals surface area contributed by atoms with E-state index in [9.17, 15) is 4.79 Å². The van der Waals surface area contributed by atoms with E-state index in [-0.39, 0.29) is 5.97 Å². The van der Waals surface area contributed by atoms with Crippen LogP contribution in [0.3, 0.4) is 0 Å². The molecule has 5 heteroatoms. The van der Waals surface area contributed by atoms with Crippen molar-refractivity contribution in [3.8, 4) is 0 Å². The highest BCUT2D eigenvalue weighted by molar-refractivity contribution is 7.13. The van der Waals surface area contributed by atoms with Crippen molar-refractivity contribution >= 4 is 17.3 Å². The van der Waals surface area contributed by atoms with Crippen molar-refractivity contribution in [1.29, 1.82) is 0 Å². The van der Waals surface area contributed by atoms with Gasteiger partial charge in [-0.25, -0.2) is 9.78 Å². The average Bonchev–Trinajstić information content (AvgIpc) is 2.80. The maximum Gasteiger partial charge on any atom is 0.349 e. The van der Waals surface area contributed by atoms with Crippen molar-refractivity contribution in [2.24, 2.45) is 0 Å². The number of esters is 1. The standard InChI is InChI=1S/C11H15NO3S/c1-2-15-11(13)9-7-12-10(16-9)8-3-5-14-6-4-8/h7-8H,2-6H2,1H3. The highest BCUT2D eigenvalue weighted by Gasteiger charge is 2.21. The molecule has 0 radical (unpaired) electrons. The molecule has 0 N–H and O–H groups in total. The summed E-state index contributed by atoms with van der Waals surface area (Å²) in [5.74, 6) is 0.181. The molecule has 1 aliphatic heterocycles. The molecule has 0 spiro atoms. The molecule has 0 bridgehead atoms. The van der Waals surface area contributed by atoms with E-state index in [1.165, 1.54) is 11.3 Å². The van der Waals surface area contributed by atoms with Gasteiger partial charge in [-0.05, 0) is 19.8 Å². The summed E-state index contributed by atoms with van der Waals surface area (Å²) in [5.41, 5.74) is 0. The van der Waals surface area contributed by atoms with Gasteiger partial charge in [-0.3, -0.25) is 0 Å². The van der Waals surface area contributed by atoms with Gasteiger partial charge in [0.2, 0.25) is 0 Å². The minimum Gasteiger partial charge on any atom is -0.462 e. The lowest BCUT2D eigenvalue weighted by Gasteiger charge is -2.19. The van der Waals surface area contributed by atoms with E-state index in [4.69, 9.17) is 9.47 Å². The molecular formula is C11H15NO3S. The lowest BCUT2D eigenvalue weighted by Crippen LogP contribution is -2.13. The molecule has 2 heterocycles. The van der Waals surface area contributed by atoms with Gasteiger partial charge in [-0.2, -0.15) is 0 Å². The van der Waals surface area contributed by atoms with Crippen molar-refractivity contribution in [2.45, 2.75) is 25.7 Å². The Hall–Kier alpha value is -0.940. The van der Waals surface area contributed by atoms with Gasteiger partial charge >= 0.3 is 5.97 Å². The van der Waals surface area contributed by atoms with Gasteiger partial charge in [0.1, 0.15) is 4.88 Å². The molecule has 88 valence electrons. The van der Waals surface area contributed by atoms with Crippen molar-refractivity contribution < 1.29 is 14.3 Å². The molecule has 0 amide bonds. The zero-order valence-electron chi connectivity index (χ0n) is 9.27. The molecule has 4 nitrogen and oxygen atoms in total. The Bertz CT molecular complexity index is 358. The monoisotopic (exact) mass is 241 g/mol. The fraction of sp³-hybridized carbons (Fsp3) is 0.636. The van der Waals surface area contributed by atoms with E-state index in [1.54, 1.807) is 13.1 Å².